The molecule has 0 spiro atoms. The number of nitrogens with one attached hydrogen (secondary N) is 3. The van der Waals surface area contributed by atoms with Crippen LogP contribution < -0.4 is 21.7 Å². The van der Waals surface area contributed by atoms with Crippen LogP contribution in [0, 0.1) is 0 Å². The summed E-state index contributed by atoms with van der Waals surface area (Å²) in [6.45, 7) is 4.01. The number of benzene rings is 1. The number of pyridine rings is 1. The van der Waals surface area contributed by atoms with E-state index in [2.05, 4.69) is 25.8 Å². The minimum atomic E-state index is -0.328. The number of nitrogen functional groups attached to an aromatic ring is 1. The Labute approximate surface area is 198 Å². The maximum absolute atomic E-state index is 12.4. The molecule has 1 fully saturated rings. The third-order valence-electron chi connectivity index (χ3n) is 5.72. The number of likely N-dealkylation sites (tertiary alicyclic amines) is 1. The molecule has 1 aliphatic rings. The Hall–Kier alpha value is -3.85. The molecule has 0 unspecified atom stereocenters. The van der Waals surface area contributed by atoms with Gasteiger partial charge in [0.25, 0.3) is 5.91 Å². The lowest BCUT2D eigenvalue weighted by atomic mass is 10.1. The van der Waals surface area contributed by atoms with Crippen LogP contribution in [0.4, 0.5) is 16.3 Å². The Morgan fingerprint density at radius 1 is 0.971 bits per heavy atom. The highest BCUT2D eigenvalue weighted by atomic mass is 16.3. The highest BCUT2D eigenvalue weighted by Crippen LogP contribution is 2.24. The van der Waals surface area contributed by atoms with Gasteiger partial charge in [-0.05, 0) is 74.0 Å². The number of urea groups is 1. The number of hydrogen-bond donors (Lipinski definition) is 4. The van der Waals surface area contributed by atoms with Crippen molar-refractivity contribution in [2.24, 2.45) is 0 Å². The zero-order valence-corrected chi connectivity index (χ0v) is 19.0. The third kappa shape index (κ3) is 6.58. The summed E-state index contributed by atoms with van der Waals surface area (Å²) in [7, 11) is 0. The summed E-state index contributed by atoms with van der Waals surface area (Å²) >= 11 is 0. The van der Waals surface area contributed by atoms with Gasteiger partial charge in [0.2, 0.25) is 0 Å². The van der Waals surface area contributed by atoms with Crippen LogP contribution >= 0.6 is 0 Å². The zero-order valence-electron chi connectivity index (χ0n) is 19.0. The second kappa shape index (κ2) is 11.3. The summed E-state index contributed by atoms with van der Waals surface area (Å²) in [5.41, 5.74) is 7.86. The maximum atomic E-state index is 12.4. The Balaban J connectivity index is 1.24. The summed E-state index contributed by atoms with van der Waals surface area (Å²) in [4.78, 5) is 30.9. The average Bonchev–Trinajstić information content (AvgIpc) is 3.35. The van der Waals surface area contributed by atoms with E-state index in [1.165, 1.54) is 19.3 Å². The lowest BCUT2D eigenvalue weighted by Crippen LogP contribution is -2.37. The molecule has 4 rings (SSSR count). The van der Waals surface area contributed by atoms with Crippen molar-refractivity contribution in [3.63, 3.8) is 0 Å². The van der Waals surface area contributed by atoms with Gasteiger partial charge >= 0.3 is 6.03 Å². The van der Waals surface area contributed by atoms with Gasteiger partial charge in [-0.15, -0.1) is 0 Å². The molecule has 9 nitrogen and oxygen atoms in total. The fourth-order valence-electron chi connectivity index (χ4n) is 3.83. The van der Waals surface area contributed by atoms with Crippen molar-refractivity contribution in [2.75, 3.05) is 37.2 Å². The number of nitrogens with zero attached hydrogens (tertiary/aromatic N) is 2. The Bertz CT molecular complexity index is 1090. The van der Waals surface area contributed by atoms with Crippen LogP contribution in [0.3, 0.4) is 0 Å². The lowest BCUT2D eigenvalue weighted by Gasteiger charge is -2.26. The molecule has 2 aromatic heterocycles. The second-order valence-corrected chi connectivity index (χ2v) is 8.30. The first kappa shape index (κ1) is 23.3. The van der Waals surface area contributed by atoms with E-state index in [1.807, 2.05) is 18.2 Å². The molecule has 3 amide bonds. The fraction of sp³-hybridized carbons (Fsp3) is 0.320. The molecule has 9 heteroatoms. The number of amides is 3. The van der Waals surface area contributed by atoms with Gasteiger partial charge in [0.15, 0.2) is 5.76 Å². The van der Waals surface area contributed by atoms with Crippen molar-refractivity contribution in [1.29, 1.82) is 0 Å². The number of carbonyl (C=O) groups is 2. The van der Waals surface area contributed by atoms with Crippen LogP contribution in [-0.2, 0) is 6.54 Å². The van der Waals surface area contributed by atoms with Gasteiger partial charge in [0.05, 0.1) is 0 Å². The first-order valence-corrected chi connectivity index (χ1v) is 11.5. The van der Waals surface area contributed by atoms with Crippen molar-refractivity contribution < 1.29 is 14.0 Å². The highest BCUT2D eigenvalue weighted by molar-refractivity contribution is 5.92. The molecule has 34 heavy (non-hydrogen) atoms. The van der Waals surface area contributed by atoms with Crippen molar-refractivity contribution in [2.45, 2.75) is 25.8 Å². The topological polar surface area (TPSA) is 126 Å². The quantitative estimate of drug-likeness (QED) is 0.406. The maximum Gasteiger partial charge on any atom is 0.319 e. The van der Waals surface area contributed by atoms with E-state index in [0.29, 0.717) is 30.4 Å². The minimum absolute atomic E-state index is 0.213. The molecule has 0 saturated carbocycles. The standard InChI is InChI=1S/C25H30N6O3/c26-23-11-4-18(16-28-23)17-29-25(33)30-20-7-5-19(6-8-20)21-9-10-22(34-21)24(32)27-12-15-31-13-2-1-3-14-31/h4-11,16H,1-3,12-15,17H2,(H2,26,28)(H,27,32)(H2,29,30,33). The first-order valence-electron chi connectivity index (χ1n) is 11.5. The Kier molecular flexibility index (Phi) is 7.77. The highest BCUT2D eigenvalue weighted by Gasteiger charge is 2.14. The predicted octanol–water partition coefficient (Wildman–Crippen LogP) is 3.46. The second-order valence-electron chi connectivity index (χ2n) is 8.30. The van der Waals surface area contributed by atoms with Crippen molar-refractivity contribution >= 4 is 23.4 Å². The average molecular weight is 463 g/mol. The molecule has 1 aliphatic heterocycles. The summed E-state index contributed by atoms with van der Waals surface area (Å²) < 4.78 is 5.75. The van der Waals surface area contributed by atoms with E-state index in [1.54, 1.807) is 36.5 Å². The van der Waals surface area contributed by atoms with Crippen LogP contribution in [0.1, 0.15) is 35.4 Å². The molecule has 1 aromatic carbocycles. The summed E-state index contributed by atoms with van der Waals surface area (Å²) in [6.07, 6.45) is 5.38. The van der Waals surface area contributed by atoms with E-state index >= 15 is 0 Å². The number of aromatic nitrogens is 1. The Morgan fingerprint density at radius 2 is 1.76 bits per heavy atom. The van der Waals surface area contributed by atoms with Crippen LogP contribution in [0.2, 0.25) is 0 Å². The van der Waals surface area contributed by atoms with E-state index in [0.717, 1.165) is 30.8 Å². The molecule has 5 N–H and O–H groups in total. The number of nitrogens with two attached hydrogens (primary N) is 1. The molecule has 3 heterocycles. The minimum Gasteiger partial charge on any atom is -0.451 e. The predicted molar refractivity (Wildman–Crippen MR) is 131 cm³/mol. The van der Waals surface area contributed by atoms with Crippen molar-refractivity contribution in [3.8, 4) is 11.3 Å². The molecular weight excluding hydrogens is 432 g/mol. The molecule has 3 aromatic rings. The van der Waals surface area contributed by atoms with Crippen LogP contribution in [-0.4, -0.2) is 48.0 Å². The normalized spacial score (nSPS) is 13.9. The monoisotopic (exact) mass is 462 g/mol. The van der Waals surface area contributed by atoms with Crippen molar-refractivity contribution in [3.05, 3.63) is 66.1 Å². The van der Waals surface area contributed by atoms with Gasteiger partial charge in [0, 0.05) is 37.1 Å². The van der Waals surface area contributed by atoms with Crippen LogP contribution in [0.25, 0.3) is 11.3 Å². The fourth-order valence-corrected chi connectivity index (χ4v) is 3.83. The number of rotatable bonds is 8. The largest absolute Gasteiger partial charge is 0.451 e. The van der Waals surface area contributed by atoms with Gasteiger partial charge in [-0.25, -0.2) is 9.78 Å². The van der Waals surface area contributed by atoms with Gasteiger partial charge in [-0.1, -0.05) is 12.5 Å². The van der Waals surface area contributed by atoms with Crippen molar-refractivity contribution in [1.82, 2.24) is 20.5 Å². The molecule has 0 bridgehead atoms. The number of piperidine rings is 1. The summed E-state index contributed by atoms with van der Waals surface area (Å²) in [5.74, 6) is 1.10. The van der Waals surface area contributed by atoms with E-state index in [-0.39, 0.29) is 17.7 Å². The molecule has 1 saturated heterocycles. The zero-order chi connectivity index (χ0) is 23.8. The summed E-state index contributed by atoms with van der Waals surface area (Å²) in [6, 6.07) is 13.8. The number of hydrogen-bond acceptors (Lipinski definition) is 6. The van der Waals surface area contributed by atoms with Gasteiger partial charge < -0.3 is 31.0 Å². The molecule has 178 valence electrons. The lowest BCUT2D eigenvalue weighted by molar-refractivity contribution is 0.0919. The van der Waals surface area contributed by atoms with Crippen LogP contribution in [0.5, 0.6) is 0 Å². The van der Waals surface area contributed by atoms with Gasteiger partial charge in [-0.3, -0.25) is 4.79 Å². The summed E-state index contributed by atoms with van der Waals surface area (Å²) in [5, 5.41) is 8.48. The number of anilines is 2. The first-order chi connectivity index (χ1) is 16.6. The van der Waals surface area contributed by atoms with Gasteiger partial charge in [-0.2, -0.15) is 0 Å². The SMILES string of the molecule is Nc1ccc(CNC(=O)Nc2ccc(-c3ccc(C(=O)NCCN4CCCCC4)o3)cc2)cn1. The number of carbonyl (C=O) groups excluding carboxylic acids is 2. The molecule has 0 aliphatic carbocycles. The third-order valence-corrected chi connectivity index (χ3v) is 5.72. The van der Waals surface area contributed by atoms with E-state index < -0.39 is 0 Å². The smallest absolute Gasteiger partial charge is 0.319 e. The molecule has 0 atom stereocenters. The van der Waals surface area contributed by atoms with E-state index in [9.17, 15) is 9.59 Å². The molecule has 0 radical (unpaired) electrons. The van der Waals surface area contributed by atoms with E-state index in [4.69, 9.17) is 10.2 Å². The van der Waals surface area contributed by atoms with Gasteiger partial charge in [0.1, 0.15) is 11.6 Å². The number of furan rings is 1. The molecular formula is C25H30N6O3. The Morgan fingerprint density at radius 3 is 2.50 bits per heavy atom. The van der Waals surface area contributed by atoms with Crippen LogP contribution in [0.15, 0.2) is 59.1 Å².